The molecule has 118 valence electrons. The maximum atomic E-state index is 12.5. The van der Waals surface area contributed by atoms with Crippen LogP contribution in [-0.2, 0) is 17.9 Å². The molecular weight excluding hydrogens is 310 g/mol. The molecule has 8 nitrogen and oxygen atoms in total. The van der Waals surface area contributed by atoms with Gasteiger partial charge in [0.05, 0.1) is 23.4 Å². The maximum absolute atomic E-state index is 12.5. The minimum atomic E-state index is -0.743. The zero-order chi connectivity index (χ0) is 16.6. The summed E-state index contributed by atoms with van der Waals surface area (Å²) in [7, 11) is 0. The van der Waals surface area contributed by atoms with E-state index in [0.29, 0.717) is 10.4 Å². The van der Waals surface area contributed by atoms with E-state index in [2.05, 4.69) is 0 Å². The summed E-state index contributed by atoms with van der Waals surface area (Å²) in [6.07, 6.45) is 0. The number of nitrogens with two attached hydrogens (primary N) is 1. The molecule has 0 aliphatic rings. The molecule has 2 heterocycles. The zero-order valence-electron chi connectivity index (χ0n) is 12.1. The largest absolute Gasteiger partial charge is 0.395 e. The van der Waals surface area contributed by atoms with E-state index in [1.165, 1.54) is 6.92 Å². The first kappa shape index (κ1) is 16.1. The lowest BCUT2D eigenvalue weighted by Gasteiger charge is -2.09. The summed E-state index contributed by atoms with van der Waals surface area (Å²) in [5, 5.41) is 9.22. The second-order valence-electron chi connectivity index (χ2n) is 4.81. The predicted molar refractivity (Wildman–Crippen MR) is 81.4 cm³/mol. The van der Waals surface area contributed by atoms with E-state index in [-0.39, 0.29) is 22.5 Å². The molecule has 0 aromatic carbocycles. The van der Waals surface area contributed by atoms with Crippen molar-refractivity contribution in [2.75, 3.05) is 6.61 Å². The highest BCUT2D eigenvalue weighted by Crippen LogP contribution is 2.28. The first-order valence-electron chi connectivity index (χ1n) is 6.46. The lowest BCUT2D eigenvalue weighted by Crippen LogP contribution is -2.42. The third-order valence-corrected chi connectivity index (χ3v) is 4.67. The topological polar surface area (TPSA) is 124 Å². The number of hydrogen-bond acceptors (Lipinski definition) is 6. The first-order chi connectivity index (χ1) is 10.3. The Morgan fingerprint density at radius 3 is 2.41 bits per heavy atom. The number of fused-ring (bicyclic) bond motifs is 1. The number of amides is 1. The maximum Gasteiger partial charge on any atom is 0.332 e. The fraction of sp³-hybridized carbons (Fsp3) is 0.385. The fourth-order valence-corrected chi connectivity index (χ4v) is 3.51. The van der Waals surface area contributed by atoms with Crippen molar-refractivity contribution in [2.45, 2.75) is 26.9 Å². The van der Waals surface area contributed by atoms with Gasteiger partial charge in [-0.1, -0.05) is 0 Å². The van der Waals surface area contributed by atoms with Crippen molar-refractivity contribution in [3.8, 4) is 0 Å². The molecule has 0 spiro atoms. The van der Waals surface area contributed by atoms with Crippen molar-refractivity contribution in [3.05, 3.63) is 31.3 Å². The van der Waals surface area contributed by atoms with E-state index >= 15 is 0 Å². The van der Waals surface area contributed by atoms with Gasteiger partial charge in [0.15, 0.2) is 5.78 Å². The molecule has 2 aromatic rings. The third-order valence-electron chi connectivity index (χ3n) is 3.25. The van der Waals surface area contributed by atoms with Gasteiger partial charge >= 0.3 is 5.69 Å². The molecule has 0 aliphatic heterocycles. The lowest BCUT2D eigenvalue weighted by molar-refractivity contribution is -0.118. The number of Topliss-reactive ketones (excluding diaryl/α,β-unsaturated/α-hetero) is 1. The van der Waals surface area contributed by atoms with Gasteiger partial charge in [-0.25, -0.2) is 4.79 Å². The van der Waals surface area contributed by atoms with Crippen LogP contribution >= 0.6 is 11.3 Å². The minimum absolute atomic E-state index is 0.197. The molecule has 3 N–H and O–H groups in total. The number of primary amides is 1. The summed E-state index contributed by atoms with van der Waals surface area (Å²) in [5.41, 5.74) is 4.29. The summed E-state index contributed by atoms with van der Waals surface area (Å²) in [6.45, 7) is 1.97. The quantitative estimate of drug-likeness (QED) is 0.697. The van der Waals surface area contributed by atoms with Crippen LogP contribution < -0.4 is 17.0 Å². The molecule has 22 heavy (non-hydrogen) atoms. The van der Waals surface area contributed by atoms with Gasteiger partial charge in [-0.05, 0) is 19.4 Å². The van der Waals surface area contributed by atoms with E-state index in [1.54, 1.807) is 6.92 Å². The Labute approximate surface area is 128 Å². The third kappa shape index (κ3) is 2.48. The first-order valence-corrected chi connectivity index (χ1v) is 7.28. The number of aliphatic hydroxyl groups is 1. The highest BCUT2D eigenvalue weighted by Gasteiger charge is 2.21. The van der Waals surface area contributed by atoms with Crippen molar-refractivity contribution in [1.82, 2.24) is 9.13 Å². The Bertz CT molecular complexity index is 890. The molecule has 0 unspecified atom stereocenters. The molecule has 2 aromatic heterocycles. The predicted octanol–water partition coefficient (Wildman–Crippen LogP) is -0.787. The van der Waals surface area contributed by atoms with E-state index in [0.717, 1.165) is 20.5 Å². The van der Waals surface area contributed by atoms with E-state index in [9.17, 15) is 19.2 Å². The number of aryl methyl sites for hydroxylation is 1. The van der Waals surface area contributed by atoms with Gasteiger partial charge in [0.25, 0.3) is 5.56 Å². The molecule has 0 aliphatic carbocycles. The van der Waals surface area contributed by atoms with Gasteiger partial charge in [-0.2, -0.15) is 0 Å². The van der Waals surface area contributed by atoms with Crippen LogP contribution in [0.25, 0.3) is 10.2 Å². The molecular formula is C13H15N3O5S. The van der Waals surface area contributed by atoms with Crippen molar-refractivity contribution >= 4 is 33.2 Å². The lowest BCUT2D eigenvalue weighted by atomic mass is 10.2. The van der Waals surface area contributed by atoms with Crippen LogP contribution in [-0.4, -0.2) is 32.5 Å². The number of ketones is 1. The average molecular weight is 325 g/mol. The second-order valence-corrected chi connectivity index (χ2v) is 5.81. The summed E-state index contributed by atoms with van der Waals surface area (Å²) >= 11 is 0.986. The number of thiophene rings is 1. The van der Waals surface area contributed by atoms with Gasteiger partial charge in [0.2, 0.25) is 5.91 Å². The van der Waals surface area contributed by atoms with Crippen molar-refractivity contribution < 1.29 is 14.7 Å². The Hall–Kier alpha value is -2.26. The summed E-state index contributed by atoms with van der Waals surface area (Å²) in [6, 6.07) is 0. The SMILES string of the molecule is CC(=O)c1sc2c(c1C)c(=O)n(CCO)c(=O)n2CC(N)=O. The number of rotatable bonds is 5. The van der Waals surface area contributed by atoms with Crippen LogP contribution in [0.1, 0.15) is 22.2 Å². The standard InChI is InChI=1S/C13H15N3O5S/c1-6-9-11(20)15(3-4-17)13(21)16(5-8(14)19)12(9)22-10(6)7(2)18/h17H,3-5H2,1-2H3,(H2,14,19). The molecule has 0 saturated carbocycles. The average Bonchev–Trinajstić information content (AvgIpc) is 2.77. The number of nitrogens with zero attached hydrogens (tertiary/aromatic N) is 2. The Balaban J connectivity index is 2.99. The van der Waals surface area contributed by atoms with Gasteiger partial charge < -0.3 is 10.8 Å². The molecule has 0 radical (unpaired) electrons. The van der Waals surface area contributed by atoms with Crippen LogP contribution in [0, 0.1) is 6.92 Å². The van der Waals surface area contributed by atoms with Crippen LogP contribution in [0.15, 0.2) is 9.59 Å². The second kappa shape index (κ2) is 5.85. The Morgan fingerprint density at radius 1 is 1.27 bits per heavy atom. The minimum Gasteiger partial charge on any atom is -0.395 e. The van der Waals surface area contributed by atoms with Gasteiger partial charge in [0, 0.05) is 0 Å². The van der Waals surface area contributed by atoms with Gasteiger partial charge in [-0.3, -0.25) is 23.5 Å². The summed E-state index contributed by atoms with van der Waals surface area (Å²) in [5.74, 6) is -0.974. The van der Waals surface area contributed by atoms with Crippen molar-refractivity contribution in [3.63, 3.8) is 0 Å². The number of aliphatic hydroxyl groups excluding tert-OH is 1. The van der Waals surface area contributed by atoms with E-state index < -0.39 is 30.3 Å². The molecule has 0 bridgehead atoms. The molecule has 0 fully saturated rings. The number of carbonyl (C=O) groups excluding carboxylic acids is 2. The number of aromatic nitrogens is 2. The van der Waals surface area contributed by atoms with E-state index in [4.69, 9.17) is 10.8 Å². The highest BCUT2D eigenvalue weighted by atomic mass is 32.1. The normalized spacial score (nSPS) is 11.0. The van der Waals surface area contributed by atoms with Crippen LogP contribution in [0.3, 0.4) is 0 Å². The summed E-state index contributed by atoms with van der Waals surface area (Å²) in [4.78, 5) is 48.3. The molecule has 2 rings (SSSR count). The van der Waals surface area contributed by atoms with Crippen LogP contribution in [0.2, 0.25) is 0 Å². The Kier molecular flexibility index (Phi) is 4.29. The molecule has 9 heteroatoms. The van der Waals surface area contributed by atoms with Gasteiger partial charge in [-0.15, -0.1) is 11.3 Å². The van der Waals surface area contributed by atoms with E-state index in [1.807, 2.05) is 0 Å². The van der Waals surface area contributed by atoms with Crippen molar-refractivity contribution in [1.29, 1.82) is 0 Å². The monoisotopic (exact) mass is 325 g/mol. The molecule has 0 atom stereocenters. The molecule has 0 saturated heterocycles. The Morgan fingerprint density at radius 2 is 1.91 bits per heavy atom. The van der Waals surface area contributed by atoms with Crippen LogP contribution in [0.5, 0.6) is 0 Å². The smallest absolute Gasteiger partial charge is 0.332 e. The highest BCUT2D eigenvalue weighted by molar-refractivity contribution is 7.20. The zero-order valence-corrected chi connectivity index (χ0v) is 12.9. The fourth-order valence-electron chi connectivity index (χ4n) is 2.32. The number of hydrogen-bond donors (Lipinski definition) is 2. The van der Waals surface area contributed by atoms with Crippen molar-refractivity contribution in [2.24, 2.45) is 5.73 Å². The van der Waals surface area contributed by atoms with Gasteiger partial charge in [0.1, 0.15) is 11.4 Å². The summed E-state index contributed by atoms with van der Waals surface area (Å²) < 4.78 is 1.91. The number of carbonyl (C=O) groups is 2. The molecule has 1 amide bonds. The van der Waals surface area contributed by atoms with Crippen LogP contribution in [0.4, 0.5) is 0 Å².